The molecule has 1 heterocycles. The van der Waals surface area contributed by atoms with Crippen LogP contribution in [0.15, 0.2) is 17.3 Å². The molecule has 0 saturated carbocycles. The zero-order valence-electron chi connectivity index (χ0n) is 6.83. The Labute approximate surface area is 76.6 Å². The van der Waals surface area contributed by atoms with Gasteiger partial charge in [0.1, 0.15) is 5.84 Å². The van der Waals surface area contributed by atoms with E-state index in [0.29, 0.717) is 23.5 Å². The molecule has 4 heteroatoms. The van der Waals surface area contributed by atoms with Crippen molar-refractivity contribution < 1.29 is 4.79 Å². The number of amidine groups is 1. The van der Waals surface area contributed by atoms with Crippen molar-refractivity contribution in [2.24, 2.45) is 4.99 Å². The number of carbonyl (C=O) groups excluding carboxylic acids is 1. The van der Waals surface area contributed by atoms with Crippen LogP contribution in [-0.2, 0) is 4.79 Å². The van der Waals surface area contributed by atoms with E-state index in [1.54, 1.807) is 13.1 Å². The lowest BCUT2D eigenvalue weighted by atomic mass is 10.2. The molecule has 0 radical (unpaired) electrons. The number of allylic oxidation sites excluding steroid dienone is 1. The topological polar surface area (TPSA) is 41.5 Å². The van der Waals surface area contributed by atoms with E-state index in [-0.39, 0.29) is 5.91 Å². The van der Waals surface area contributed by atoms with Gasteiger partial charge in [0.2, 0.25) is 5.91 Å². The first-order valence-corrected chi connectivity index (χ1v) is 4.20. The van der Waals surface area contributed by atoms with Gasteiger partial charge in [-0.25, -0.2) is 4.99 Å². The predicted molar refractivity (Wildman–Crippen MR) is 52.2 cm³/mol. The highest BCUT2D eigenvalue weighted by Gasteiger charge is 2.09. The van der Waals surface area contributed by atoms with E-state index in [0.717, 1.165) is 0 Å². The summed E-state index contributed by atoms with van der Waals surface area (Å²) in [4.78, 5) is 15.6. The van der Waals surface area contributed by atoms with E-state index in [4.69, 9.17) is 12.2 Å². The van der Waals surface area contributed by atoms with Gasteiger partial charge in [-0.3, -0.25) is 4.79 Å². The molecule has 0 fully saturated rings. The smallest absolute Gasteiger partial charge is 0.225 e. The van der Waals surface area contributed by atoms with E-state index < -0.39 is 0 Å². The van der Waals surface area contributed by atoms with Gasteiger partial charge in [0.05, 0.1) is 4.86 Å². The highest BCUT2D eigenvalue weighted by molar-refractivity contribution is 7.82. The van der Waals surface area contributed by atoms with Gasteiger partial charge in [-0.15, -0.1) is 0 Å². The van der Waals surface area contributed by atoms with Crippen molar-refractivity contribution >= 4 is 28.8 Å². The molecule has 0 spiro atoms. The summed E-state index contributed by atoms with van der Waals surface area (Å²) >= 11 is 5.00. The average molecular weight is 182 g/mol. The lowest BCUT2D eigenvalue weighted by Gasteiger charge is -2.09. The summed E-state index contributed by atoms with van der Waals surface area (Å²) in [6.07, 6.45) is 4.66. The van der Waals surface area contributed by atoms with Crippen molar-refractivity contribution in [1.29, 1.82) is 0 Å². The number of hydrogen-bond donors (Lipinski definition) is 1. The van der Waals surface area contributed by atoms with Crippen LogP contribution in [0.1, 0.15) is 19.8 Å². The summed E-state index contributed by atoms with van der Waals surface area (Å²) in [5.74, 6) is 0.478. The molecule has 0 saturated heterocycles. The quantitative estimate of drug-likeness (QED) is 0.619. The molecule has 64 valence electrons. The van der Waals surface area contributed by atoms with Crippen LogP contribution in [0.25, 0.3) is 0 Å². The molecule has 1 N–H and O–H groups in total. The van der Waals surface area contributed by atoms with Crippen LogP contribution < -0.4 is 5.32 Å². The molecule has 0 aliphatic carbocycles. The maximum absolute atomic E-state index is 10.9. The summed E-state index contributed by atoms with van der Waals surface area (Å²) in [7, 11) is 0. The Bertz CT molecular complexity index is 268. The largest absolute Gasteiger partial charge is 0.310 e. The summed E-state index contributed by atoms with van der Waals surface area (Å²) in [5, 5.41) is 2.64. The molecule has 12 heavy (non-hydrogen) atoms. The first kappa shape index (κ1) is 9.06. The highest BCUT2D eigenvalue weighted by Crippen LogP contribution is 1.99. The zero-order chi connectivity index (χ0) is 8.97. The standard InChI is InChI=1S/C8H10N2OS/c1-2-7(11)10-8-6(12)4-3-5-9-8/h3,5H,2,4H2,1H3,(H,9,10,11). The van der Waals surface area contributed by atoms with Gasteiger partial charge in [-0.05, 0) is 0 Å². The number of rotatable bonds is 1. The Morgan fingerprint density at radius 2 is 2.58 bits per heavy atom. The minimum Gasteiger partial charge on any atom is -0.310 e. The Kier molecular flexibility index (Phi) is 3.10. The van der Waals surface area contributed by atoms with Crippen LogP contribution in [0.2, 0.25) is 0 Å². The molecule has 1 aliphatic heterocycles. The third-order valence-electron chi connectivity index (χ3n) is 1.46. The van der Waals surface area contributed by atoms with Gasteiger partial charge < -0.3 is 5.32 Å². The number of nitrogens with one attached hydrogen (secondary N) is 1. The van der Waals surface area contributed by atoms with E-state index >= 15 is 0 Å². The van der Waals surface area contributed by atoms with Crippen LogP contribution >= 0.6 is 12.2 Å². The van der Waals surface area contributed by atoms with Crippen molar-refractivity contribution in [2.45, 2.75) is 19.8 Å². The number of nitrogens with zero attached hydrogens (tertiary/aromatic N) is 1. The van der Waals surface area contributed by atoms with Crippen LogP contribution in [-0.4, -0.2) is 16.6 Å². The van der Waals surface area contributed by atoms with Crippen LogP contribution in [0, 0.1) is 0 Å². The van der Waals surface area contributed by atoms with Gasteiger partial charge in [0, 0.05) is 19.0 Å². The summed E-state index contributed by atoms with van der Waals surface area (Å²) in [6, 6.07) is 0. The van der Waals surface area contributed by atoms with E-state index in [1.165, 1.54) is 0 Å². The van der Waals surface area contributed by atoms with Crippen LogP contribution in [0.5, 0.6) is 0 Å². The summed E-state index contributed by atoms with van der Waals surface area (Å²) in [6.45, 7) is 1.79. The third kappa shape index (κ3) is 2.23. The molecule has 1 rings (SSSR count). The Morgan fingerprint density at radius 3 is 3.17 bits per heavy atom. The van der Waals surface area contributed by atoms with Gasteiger partial charge in [-0.1, -0.05) is 25.2 Å². The lowest BCUT2D eigenvalue weighted by molar-refractivity contribution is -0.119. The number of carbonyl (C=O) groups is 1. The number of thiocarbonyl (C=S) groups is 1. The minimum absolute atomic E-state index is 0.0496. The molecule has 0 aromatic heterocycles. The van der Waals surface area contributed by atoms with E-state index in [2.05, 4.69) is 10.3 Å². The second kappa shape index (κ2) is 4.11. The van der Waals surface area contributed by atoms with Crippen molar-refractivity contribution in [3.63, 3.8) is 0 Å². The normalized spacial score (nSPS) is 15.8. The molecular formula is C8H10N2OS. The predicted octanol–water partition coefficient (Wildman–Crippen LogP) is 1.20. The fourth-order valence-corrected chi connectivity index (χ4v) is 0.978. The van der Waals surface area contributed by atoms with Crippen LogP contribution in [0.4, 0.5) is 0 Å². The Balaban J connectivity index is 2.61. The average Bonchev–Trinajstić information content (AvgIpc) is 2.09. The number of hydrogen-bond acceptors (Lipinski definition) is 3. The second-order valence-corrected chi connectivity index (χ2v) is 2.88. The van der Waals surface area contributed by atoms with Gasteiger partial charge in [-0.2, -0.15) is 0 Å². The minimum atomic E-state index is -0.0496. The summed E-state index contributed by atoms with van der Waals surface area (Å²) < 4.78 is 0. The van der Waals surface area contributed by atoms with Crippen LogP contribution in [0.3, 0.4) is 0 Å². The first-order chi connectivity index (χ1) is 5.74. The second-order valence-electron chi connectivity index (χ2n) is 2.39. The molecule has 0 aromatic carbocycles. The lowest BCUT2D eigenvalue weighted by Crippen LogP contribution is -2.35. The monoisotopic (exact) mass is 182 g/mol. The zero-order valence-corrected chi connectivity index (χ0v) is 7.65. The fourth-order valence-electron chi connectivity index (χ4n) is 0.778. The molecule has 0 bridgehead atoms. The van der Waals surface area contributed by atoms with Crippen molar-refractivity contribution in [3.05, 3.63) is 12.3 Å². The maximum Gasteiger partial charge on any atom is 0.225 e. The Morgan fingerprint density at radius 1 is 1.83 bits per heavy atom. The van der Waals surface area contributed by atoms with Crippen molar-refractivity contribution in [3.8, 4) is 0 Å². The Hall–Kier alpha value is -1.03. The molecule has 1 aliphatic rings. The van der Waals surface area contributed by atoms with Gasteiger partial charge in [0.15, 0.2) is 0 Å². The van der Waals surface area contributed by atoms with Crippen molar-refractivity contribution in [1.82, 2.24) is 5.32 Å². The molecule has 0 atom stereocenters. The van der Waals surface area contributed by atoms with E-state index in [1.807, 2.05) is 6.08 Å². The number of amides is 1. The summed E-state index contributed by atoms with van der Waals surface area (Å²) in [5.41, 5.74) is 0. The van der Waals surface area contributed by atoms with E-state index in [9.17, 15) is 4.79 Å². The van der Waals surface area contributed by atoms with Gasteiger partial charge in [0.25, 0.3) is 0 Å². The molecule has 1 amide bonds. The third-order valence-corrected chi connectivity index (χ3v) is 1.82. The molecular weight excluding hydrogens is 172 g/mol. The highest BCUT2D eigenvalue weighted by atomic mass is 32.1. The van der Waals surface area contributed by atoms with Gasteiger partial charge >= 0.3 is 0 Å². The molecule has 0 unspecified atom stereocenters. The molecule has 0 aromatic rings. The number of aliphatic imine (C=N–C) groups is 1. The fraction of sp³-hybridized carbons (Fsp3) is 0.375. The SMILES string of the molecule is CCC(=O)NC1=NC=CCC1=S. The first-order valence-electron chi connectivity index (χ1n) is 3.80. The maximum atomic E-state index is 10.9. The van der Waals surface area contributed by atoms with Crippen molar-refractivity contribution in [2.75, 3.05) is 0 Å². The molecule has 3 nitrogen and oxygen atoms in total.